The number of phenols is 1. The Morgan fingerprint density at radius 3 is 2.16 bits per heavy atom. The van der Waals surface area contributed by atoms with Crippen molar-refractivity contribution in [3.63, 3.8) is 0 Å². The van der Waals surface area contributed by atoms with Crippen LogP contribution in [0.15, 0.2) is 42.5 Å². The molecule has 4 nitrogen and oxygen atoms in total. The third-order valence-corrected chi connectivity index (χ3v) is 5.05. The summed E-state index contributed by atoms with van der Waals surface area (Å²) in [5.74, 6) is -0.276. The molecule has 0 bridgehead atoms. The lowest BCUT2D eigenvalue weighted by molar-refractivity contribution is 0.0650. The molecule has 1 heterocycles. The zero-order valence-corrected chi connectivity index (χ0v) is 14.9. The second-order valence-electron chi connectivity index (χ2n) is 6.10. The number of aromatic hydroxyl groups is 1. The maximum atomic E-state index is 12.5. The van der Waals surface area contributed by atoms with Crippen molar-refractivity contribution in [2.24, 2.45) is 5.92 Å². The SMILES string of the molecule is O=C(c1ccc(Cl)cc1)C1CCN(C(=O)c2ccc(Cl)c(O)c2)CC1. The topological polar surface area (TPSA) is 57.6 Å². The van der Waals surface area contributed by atoms with E-state index in [1.807, 2.05) is 0 Å². The van der Waals surface area contributed by atoms with Gasteiger partial charge in [0.15, 0.2) is 5.78 Å². The van der Waals surface area contributed by atoms with Crippen LogP contribution in [0.5, 0.6) is 5.75 Å². The lowest BCUT2D eigenvalue weighted by atomic mass is 9.88. The van der Waals surface area contributed by atoms with Gasteiger partial charge < -0.3 is 10.0 Å². The number of likely N-dealkylation sites (tertiary alicyclic amines) is 1. The van der Waals surface area contributed by atoms with Gasteiger partial charge in [-0.05, 0) is 55.3 Å². The highest BCUT2D eigenvalue weighted by Crippen LogP contribution is 2.27. The van der Waals surface area contributed by atoms with Crippen LogP contribution in [0.25, 0.3) is 0 Å². The fraction of sp³-hybridized carbons (Fsp3) is 0.263. The van der Waals surface area contributed by atoms with Gasteiger partial charge in [-0.1, -0.05) is 23.2 Å². The minimum atomic E-state index is -0.163. The minimum absolute atomic E-state index is 0.0907. The Morgan fingerprint density at radius 2 is 1.56 bits per heavy atom. The summed E-state index contributed by atoms with van der Waals surface area (Å²) < 4.78 is 0. The van der Waals surface area contributed by atoms with Crippen LogP contribution < -0.4 is 0 Å². The summed E-state index contributed by atoms with van der Waals surface area (Å²) >= 11 is 11.6. The first-order chi connectivity index (χ1) is 12.0. The molecule has 0 unspecified atom stereocenters. The van der Waals surface area contributed by atoms with Crippen LogP contribution in [0, 0.1) is 5.92 Å². The zero-order chi connectivity index (χ0) is 18.0. The Labute approximate surface area is 156 Å². The Bertz CT molecular complexity index is 797. The molecular formula is C19H17Cl2NO3. The molecule has 1 aliphatic rings. The minimum Gasteiger partial charge on any atom is -0.506 e. The second-order valence-corrected chi connectivity index (χ2v) is 6.95. The quantitative estimate of drug-likeness (QED) is 0.804. The predicted octanol–water partition coefficient (Wildman–Crippen LogP) is 4.43. The van der Waals surface area contributed by atoms with Gasteiger partial charge >= 0.3 is 0 Å². The summed E-state index contributed by atoms with van der Waals surface area (Å²) in [4.78, 5) is 26.8. The normalized spacial score (nSPS) is 15.2. The maximum Gasteiger partial charge on any atom is 0.253 e. The fourth-order valence-electron chi connectivity index (χ4n) is 3.02. The number of phenolic OH excluding ortho intramolecular Hbond substituents is 1. The molecule has 0 saturated carbocycles. The van der Waals surface area contributed by atoms with Crippen LogP contribution in [0.2, 0.25) is 10.0 Å². The maximum absolute atomic E-state index is 12.5. The largest absolute Gasteiger partial charge is 0.506 e. The summed E-state index contributed by atoms with van der Waals surface area (Å²) in [6.45, 7) is 1.01. The predicted molar refractivity (Wildman–Crippen MR) is 97.5 cm³/mol. The highest BCUT2D eigenvalue weighted by atomic mass is 35.5. The monoisotopic (exact) mass is 377 g/mol. The summed E-state index contributed by atoms with van der Waals surface area (Å²) in [6, 6.07) is 11.4. The van der Waals surface area contributed by atoms with Gasteiger partial charge in [-0.25, -0.2) is 0 Å². The van der Waals surface area contributed by atoms with E-state index in [4.69, 9.17) is 23.2 Å². The van der Waals surface area contributed by atoms with Crippen LogP contribution in [-0.4, -0.2) is 34.8 Å². The molecule has 0 aromatic heterocycles. The molecule has 0 atom stereocenters. The van der Waals surface area contributed by atoms with E-state index in [1.165, 1.54) is 12.1 Å². The van der Waals surface area contributed by atoms with E-state index in [0.717, 1.165) is 0 Å². The number of ketones is 1. The number of hydrogen-bond acceptors (Lipinski definition) is 3. The molecule has 1 aliphatic heterocycles. The number of hydrogen-bond donors (Lipinski definition) is 1. The average Bonchev–Trinajstić information content (AvgIpc) is 2.63. The van der Waals surface area contributed by atoms with Gasteiger partial charge in [0.25, 0.3) is 5.91 Å². The van der Waals surface area contributed by atoms with Crippen molar-refractivity contribution in [2.45, 2.75) is 12.8 Å². The molecule has 1 saturated heterocycles. The van der Waals surface area contributed by atoms with Gasteiger partial charge in [0, 0.05) is 35.2 Å². The van der Waals surface area contributed by atoms with Crippen molar-refractivity contribution in [2.75, 3.05) is 13.1 Å². The van der Waals surface area contributed by atoms with E-state index >= 15 is 0 Å². The molecule has 1 N–H and O–H groups in total. The smallest absolute Gasteiger partial charge is 0.253 e. The first kappa shape index (κ1) is 17.8. The molecular weight excluding hydrogens is 361 g/mol. The van der Waals surface area contributed by atoms with Gasteiger partial charge in [-0.3, -0.25) is 9.59 Å². The van der Waals surface area contributed by atoms with Gasteiger partial charge in [-0.2, -0.15) is 0 Å². The number of amides is 1. The number of carbonyl (C=O) groups is 2. The number of nitrogens with zero attached hydrogens (tertiary/aromatic N) is 1. The summed E-state index contributed by atoms with van der Waals surface area (Å²) in [7, 11) is 0. The van der Waals surface area contributed by atoms with E-state index in [0.29, 0.717) is 42.1 Å². The summed E-state index contributed by atoms with van der Waals surface area (Å²) in [5.41, 5.74) is 1.04. The van der Waals surface area contributed by atoms with Crippen molar-refractivity contribution in [1.29, 1.82) is 0 Å². The van der Waals surface area contributed by atoms with E-state index in [2.05, 4.69) is 0 Å². The summed E-state index contributed by atoms with van der Waals surface area (Å²) in [5, 5.41) is 10.5. The highest BCUT2D eigenvalue weighted by Gasteiger charge is 2.28. The van der Waals surface area contributed by atoms with Gasteiger partial charge in [-0.15, -0.1) is 0 Å². The molecule has 6 heteroatoms. The Hall–Kier alpha value is -2.04. The fourth-order valence-corrected chi connectivity index (χ4v) is 3.27. The molecule has 0 radical (unpaired) electrons. The number of benzene rings is 2. The second kappa shape index (κ2) is 7.46. The number of carbonyl (C=O) groups excluding carboxylic acids is 2. The average molecular weight is 378 g/mol. The molecule has 1 fully saturated rings. The first-order valence-electron chi connectivity index (χ1n) is 8.03. The Kier molecular flexibility index (Phi) is 5.30. The number of Topliss-reactive ketones (excluding diaryl/α,β-unsaturated/α-hetero) is 1. The number of halogens is 2. The number of piperidine rings is 1. The van der Waals surface area contributed by atoms with E-state index in [-0.39, 0.29) is 28.4 Å². The van der Waals surface area contributed by atoms with E-state index in [9.17, 15) is 14.7 Å². The summed E-state index contributed by atoms with van der Waals surface area (Å²) in [6.07, 6.45) is 1.24. The van der Waals surface area contributed by atoms with Crippen LogP contribution in [-0.2, 0) is 0 Å². The first-order valence-corrected chi connectivity index (χ1v) is 8.79. The number of rotatable bonds is 3. The van der Waals surface area contributed by atoms with Gasteiger partial charge in [0.2, 0.25) is 0 Å². The Morgan fingerprint density at radius 1 is 0.960 bits per heavy atom. The van der Waals surface area contributed by atoms with Crippen LogP contribution in [0.1, 0.15) is 33.6 Å². The van der Waals surface area contributed by atoms with Crippen LogP contribution in [0.3, 0.4) is 0 Å². The molecule has 2 aromatic rings. The lowest BCUT2D eigenvalue weighted by Crippen LogP contribution is -2.40. The third-order valence-electron chi connectivity index (χ3n) is 4.47. The van der Waals surface area contributed by atoms with Gasteiger partial charge in [0.1, 0.15) is 5.75 Å². The molecule has 1 amide bonds. The molecule has 2 aromatic carbocycles. The van der Waals surface area contributed by atoms with Crippen molar-refractivity contribution in [1.82, 2.24) is 4.90 Å². The van der Waals surface area contributed by atoms with Crippen LogP contribution >= 0.6 is 23.2 Å². The van der Waals surface area contributed by atoms with E-state index < -0.39 is 0 Å². The molecule has 3 rings (SSSR count). The highest BCUT2D eigenvalue weighted by molar-refractivity contribution is 6.32. The van der Waals surface area contributed by atoms with E-state index in [1.54, 1.807) is 35.2 Å². The standard InChI is InChI=1S/C19H17Cl2NO3/c20-15-4-1-12(2-5-15)18(24)13-7-9-22(10-8-13)19(25)14-3-6-16(21)17(23)11-14/h1-6,11,13,23H,7-10H2. The molecule has 0 aliphatic carbocycles. The van der Waals surface area contributed by atoms with Crippen molar-refractivity contribution < 1.29 is 14.7 Å². The van der Waals surface area contributed by atoms with Crippen molar-refractivity contribution >= 4 is 34.9 Å². The molecule has 25 heavy (non-hydrogen) atoms. The van der Waals surface area contributed by atoms with Crippen LogP contribution in [0.4, 0.5) is 0 Å². The van der Waals surface area contributed by atoms with Crippen molar-refractivity contribution in [3.8, 4) is 5.75 Å². The van der Waals surface area contributed by atoms with Gasteiger partial charge in [0.05, 0.1) is 5.02 Å². The third kappa shape index (κ3) is 3.97. The Balaban J connectivity index is 1.63. The lowest BCUT2D eigenvalue weighted by Gasteiger charge is -2.31. The molecule has 0 spiro atoms. The molecule has 130 valence electrons. The van der Waals surface area contributed by atoms with Crippen molar-refractivity contribution in [3.05, 3.63) is 63.6 Å². The zero-order valence-electron chi connectivity index (χ0n) is 13.4.